The van der Waals surface area contributed by atoms with Gasteiger partial charge in [-0.25, -0.2) is 12.7 Å². The highest BCUT2D eigenvalue weighted by atomic mass is 35.5. The molecule has 5 nitrogen and oxygen atoms in total. The van der Waals surface area contributed by atoms with Crippen LogP contribution in [-0.2, 0) is 14.8 Å². The number of sulfonamides is 1. The average molecular weight is 367 g/mol. The molecule has 1 aromatic carbocycles. The summed E-state index contributed by atoms with van der Waals surface area (Å²) >= 11 is 12.1. The number of ether oxygens (including phenoxy) is 1. The fourth-order valence-electron chi connectivity index (χ4n) is 2.43. The maximum absolute atomic E-state index is 11.6. The third-order valence-electron chi connectivity index (χ3n) is 3.80. The Labute approximate surface area is 141 Å². The van der Waals surface area contributed by atoms with E-state index in [0.717, 1.165) is 12.1 Å². The molecule has 0 aromatic heterocycles. The molecule has 22 heavy (non-hydrogen) atoms. The lowest BCUT2D eigenvalue weighted by Crippen LogP contribution is -2.39. The molecule has 1 saturated heterocycles. The van der Waals surface area contributed by atoms with E-state index in [1.165, 1.54) is 10.6 Å². The van der Waals surface area contributed by atoms with Crippen molar-refractivity contribution in [1.29, 1.82) is 0 Å². The molecular formula is C14H20Cl2N2O3S. The van der Waals surface area contributed by atoms with Crippen LogP contribution in [0.1, 0.15) is 11.5 Å². The van der Waals surface area contributed by atoms with E-state index in [-0.39, 0.29) is 12.0 Å². The van der Waals surface area contributed by atoms with Crippen molar-refractivity contribution in [2.24, 2.45) is 0 Å². The molecule has 1 aromatic rings. The zero-order valence-corrected chi connectivity index (χ0v) is 14.9. The van der Waals surface area contributed by atoms with Crippen molar-refractivity contribution >= 4 is 33.2 Å². The predicted octanol–water partition coefficient (Wildman–Crippen LogP) is 1.96. The van der Waals surface area contributed by atoms with E-state index in [9.17, 15) is 8.42 Å². The molecule has 8 heteroatoms. The maximum Gasteiger partial charge on any atom is 0.211 e. The molecule has 0 unspecified atom stereocenters. The van der Waals surface area contributed by atoms with E-state index in [1.54, 1.807) is 13.1 Å². The van der Waals surface area contributed by atoms with Gasteiger partial charge >= 0.3 is 0 Å². The topological polar surface area (TPSA) is 58.6 Å². The number of hydrogen-bond acceptors (Lipinski definition) is 4. The van der Waals surface area contributed by atoms with Crippen molar-refractivity contribution in [2.45, 2.75) is 12.0 Å². The minimum Gasteiger partial charge on any atom is -0.375 e. The lowest BCUT2D eigenvalue weighted by molar-refractivity contribution is 0.0422. The molecule has 1 aliphatic heterocycles. The van der Waals surface area contributed by atoms with Crippen molar-refractivity contribution < 1.29 is 13.2 Å². The third-order valence-corrected chi connectivity index (χ3v) is 5.82. The Balaban J connectivity index is 2.25. The van der Waals surface area contributed by atoms with Crippen molar-refractivity contribution in [3.63, 3.8) is 0 Å². The van der Waals surface area contributed by atoms with E-state index in [0.29, 0.717) is 29.7 Å². The van der Waals surface area contributed by atoms with Crippen LogP contribution >= 0.6 is 23.2 Å². The van der Waals surface area contributed by atoms with Gasteiger partial charge < -0.3 is 10.1 Å². The van der Waals surface area contributed by atoms with Gasteiger partial charge in [-0.15, -0.1) is 0 Å². The van der Waals surface area contributed by atoms with Crippen LogP contribution < -0.4 is 5.32 Å². The van der Waals surface area contributed by atoms with E-state index in [4.69, 9.17) is 27.9 Å². The first-order chi connectivity index (χ1) is 10.3. The first kappa shape index (κ1) is 18.0. The van der Waals surface area contributed by atoms with E-state index in [1.807, 2.05) is 12.1 Å². The molecule has 0 saturated carbocycles. The van der Waals surface area contributed by atoms with Crippen LogP contribution in [0, 0.1) is 0 Å². The van der Waals surface area contributed by atoms with Crippen LogP contribution in [0.25, 0.3) is 0 Å². The molecule has 0 bridgehead atoms. The summed E-state index contributed by atoms with van der Waals surface area (Å²) in [6.07, 6.45) is 0.947. The maximum atomic E-state index is 11.6. The highest BCUT2D eigenvalue weighted by Crippen LogP contribution is 2.30. The summed E-state index contributed by atoms with van der Waals surface area (Å²) in [5, 5.41) is 4.29. The highest BCUT2D eigenvalue weighted by Gasteiger charge is 2.29. The van der Waals surface area contributed by atoms with E-state index < -0.39 is 10.0 Å². The Morgan fingerprint density at radius 1 is 1.36 bits per heavy atom. The average Bonchev–Trinajstić information content (AvgIpc) is 2.66. The van der Waals surface area contributed by atoms with Crippen LogP contribution in [0.4, 0.5) is 0 Å². The summed E-state index contributed by atoms with van der Waals surface area (Å²) in [6, 6.07) is 5.47. The van der Waals surface area contributed by atoms with Gasteiger partial charge in [0.1, 0.15) is 0 Å². The fraction of sp³-hybridized carbons (Fsp3) is 0.571. The largest absolute Gasteiger partial charge is 0.375 e. The summed E-state index contributed by atoms with van der Waals surface area (Å²) < 4.78 is 30.5. The van der Waals surface area contributed by atoms with E-state index in [2.05, 4.69) is 5.32 Å². The molecule has 124 valence electrons. The molecule has 0 radical (unpaired) electrons. The van der Waals surface area contributed by atoms with Crippen LogP contribution in [0.3, 0.4) is 0 Å². The number of halogens is 2. The van der Waals surface area contributed by atoms with E-state index >= 15 is 0 Å². The number of rotatable bonds is 4. The molecular weight excluding hydrogens is 347 g/mol. The lowest BCUT2D eigenvalue weighted by Gasteiger charge is -2.28. The van der Waals surface area contributed by atoms with Crippen molar-refractivity contribution in [2.75, 3.05) is 39.5 Å². The van der Waals surface area contributed by atoms with Crippen LogP contribution in [0.5, 0.6) is 0 Å². The number of nitrogens with one attached hydrogen (secondary N) is 1. The van der Waals surface area contributed by atoms with Crippen molar-refractivity contribution in [3.8, 4) is 0 Å². The van der Waals surface area contributed by atoms with Gasteiger partial charge in [-0.2, -0.15) is 0 Å². The molecule has 0 spiro atoms. The molecule has 1 N–H and O–H groups in total. The normalized spacial score (nSPS) is 23.5. The van der Waals surface area contributed by atoms with Gasteiger partial charge in [0.15, 0.2) is 0 Å². The minimum atomic E-state index is -3.25. The van der Waals surface area contributed by atoms with Crippen molar-refractivity contribution in [3.05, 3.63) is 33.8 Å². The van der Waals surface area contributed by atoms with Gasteiger partial charge in [0.05, 0.1) is 29.0 Å². The standard InChI is InChI=1S/C14H20Cl2N2O3S/c1-18(22(2,19)20)9-14-11(8-17-5-6-21-14)10-3-4-12(15)13(16)7-10/h3-4,7,11,14,17H,5-6,8-9H2,1-2H3/t11-,14+/m1/s1. The fourth-order valence-corrected chi connectivity index (χ4v) is 3.16. The lowest BCUT2D eigenvalue weighted by atomic mass is 9.93. The molecule has 1 aliphatic rings. The zero-order chi connectivity index (χ0) is 16.3. The Hall–Kier alpha value is -0.370. The Bertz CT molecular complexity index is 625. The second-order valence-corrected chi connectivity index (χ2v) is 8.34. The predicted molar refractivity (Wildman–Crippen MR) is 89.3 cm³/mol. The number of nitrogens with zero attached hydrogens (tertiary/aromatic N) is 1. The quantitative estimate of drug-likeness (QED) is 0.884. The summed E-state index contributed by atoms with van der Waals surface area (Å²) in [5.41, 5.74) is 0.982. The molecule has 2 atom stereocenters. The second kappa shape index (κ2) is 7.47. The number of benzene rings is 1. The van der Waals surface area contributed by atoms with Crippen LogP contribution in [-0.4, -0.2) is 58.4 Å². The molecule has 1 fully saturated rings. The van der Waals surface area contributed by atoms with Crippen LogP contribution in [0.15, 0.2) is 18.2 Å². The van der Waals surface area contributed by atoms with Gasteiger partial charge in [0.25, 0.3) is 0 Å². The Kier molecular flexibility index (Phi) is 6.10. The SMILES string of the molecule is CN(C[C@@H]1OCCNC[C@@H]1c1ccc(Cl)c(Cl)c1)S(C)(=O)=O. The molecule has 1 heterocycles. The van der Waals surface area contributed by atoms with Crippen LogP contribution in [0.2, 0.25) is 10.0 Å². The molecule has 0 aliphatic carbocycles. The summed E-state index contributed by atoms with van der Waals surface area (Å²) in [5.74, 6) is 0.00136. The van der Waals surface area contributed by atoms with Gasteiger partial charge in [-0.05, 0) is 17.7 Å². The highest BCUT2D eigenvalue weighted by molar-refractivity contribution is 7.88. The van der Waals surface area contributed by atoms with Gasteiger partial charge in [0.2, 0.25) is 10.0 Å². The first-order valence-electron chi connectivity index (χ1n) is 6.97. The van der Waals surface area contributed by atoms with Gasteiger partial charge in [0, 0.05) is 32.6 Å². The summed E-state index contributed by atoms with van der Waals surface area (Å²) in [7, 11) is -1.69. The molecule has 2 rings (SSSR count). The van der Waals surface area contributed by atoms with Gasteiger partial charge in [-0.1, -0.05) is 29.3 Å². The zero-order valence-electron chi connectivity index (χ0n) is 12.6. The number of hydrogen-bond donors (Lipinski definition) is 1. The minimum absolute atomic E-state index is 0.00136. The smallest absolute Gasteiger partial charge is 0.211 e. The molecule has 0 amide bonds. The summed E-state index contributed by atoms with van der Waals surface area (Å²) in [6.45, 7) is 2.27. The van der Waals surface area contributed by atoms with Gasteiger partial charge in [-0.3, -0.25) is 0 Å². The van der Waals surface area contributed by atoms with Crippen molar-refractivity contribution in [1.82, 2.24) is 9.62 Å². The Morgan fingerprint density at radius 2 is 2.09 bits per heavy atom. The summed E-state index contributed by atoms with van der Waals surface area (Å²) in [4.78, 5) is 0. The second-order valence-electron chi connectivity index (χ2n) is 5.44. The first-order valence-corrected chi connectivity index (χ1v) is 9.58. The number of likely N-dealkylation sites (N-methyl/N-ethyl adjacent to an activating group) is 1. The third kappa shape index (κ3) is 4.57. The Morgan fingerprint density at radius 3 is 2.73 bits per heavy atom. The monoisotopic (exact) mass is 366 g/mol.